The first-order valence-corrected chi connectivity index (χ1v) is 6.52. The molecule has 0 spiro atoms. The summed E-state index contributed by atoms with van der Waals surface area (Å²) in [6, 6.07) is 0.0357. The molecule has 0 aliphatic heterocycles. The van der Waals surface area contributed by atoms with Crippen molar-refractivity contribution in [3.05, 3.63) is 17.3 Å². The number of aromatic nitrogens is 2. The van der Waals surface area contributed by atoms with Crippen molar-refractivity contribution in [3.63, 3.8) is 0 Å². The number of rotatable bonds is 3. The van der Waals surface area contributed by atoms with Crippen molar-refractivity contribution >= 4 is 27.4 Å². The van der Waals surface area contributed by atoms with Gasteiger partial charge in [-0.2, -0.15) is 0 Å². The Morgan fingerprint density at radius 2 is 2.12 bits per heavy atom. The summed E-state index contributed by atoms with van der Waals surface area (Å²) in [5.74, 6) is 0.871. The maximum atomic E-state index is 5.96. The van der Waals surface area contributed by atoms with Gasteiger partial charge in [0.15, 0.2) is 0 Å². The molecule has 0 saturated heterocycles. The minimum Gasteiger partial charge on any atom is -0.362 e. The van der Waals surface area contributed by atoms with Gasteiger partial charge in [0.2, 0.25) is 0 Å². The number of nitrogens with zero attached hydrogens (tertiary/aromatic N) is 2. The summed E-state index contributed by atoms with van der Waals surface area (Å²) in [5.41, 5.74) is 7.98. The number of fused-ring (bicyclic) bond motifs is 1. The maximum Gasteiger partial charge on any atom is 0.147 e. The Hall–Kier alpha value is -1.20. The molecule has 2 heterocycles. The summed E-state index contributed by atoms with van der Waals surface area (Å²) in [4.78, 5) is 8.62. The molecule has 2 aromatic heterocycles. The molecule has 2 aromatic rings. The van der Waals surface area contributed by atoms with Crippen molar-refractivity contribution in [3.8, 4) is 0 Å². The predicted molar refractivity (Wildman–Crippen MR) is 73.5 cm³/mol. The van der Waals surface area contributed by atoms with Crippen LogP contribution in [0.1, 0.15) is 26.3 Å². The van der Waals surface area contributed by atoms with E-state index in [2.05, 4.69) is 41.4 Å². The van der Waals surface area contributed by atoms with Crippen LogP contribution in [-0.4, -0.2) is 21.5 Å². The summed E-state index contributed by atoms with van der Waals surface area (Å²) in [7, 11) is 0. The maximum absolute atomic E-state index is 5.96. The van der Waals surface area contributed by atoms with E-state index in [1.165, 1.54) is 5.56 Å². The van der Waals surface area contributed by atoms with Crippen LogP contribution in [0.2, 0.25) is 0 Å². The molecule has 0 saturated carbocycles. The number of anilines is 1. The first kappa shape index (κ1) is 12.3. The van der Waals surface area contributed by atoms with E-state index in [1.807, 2.05) is 6.92 Å². The lowest BCUT2D eigenvalue weighted by molar-refractivity contribution is 0.469. The number of hydrogen-bond acceptors (Lipinski definition) is 5. The third-order valence-corrected chi connectivity index (χ3v) is 4.20. The summed E-state index contributed by atoms with van der Waals surface area (Å²) in [5, 5.41) is 5.51. The van der Waals surface area contributed by atoms with Crippen molar-refractivity contribution in [2.24, 2.45) is 5.73 Å². The molecule has 5 heteroatoms. The second kappa shape index (κ2) is 4.23. The molecule has 2 rings (SSSR count). The molecule has 1 atom stereocenters. The molecule has 92 valence electrons. The average Bonchev–Trinajstić information content (AvgIpc) is 2.61. The minimum absolute atomic E-state index is 0.0357. The van der Waals surface area contributed by atoms with Gasteiger partial charge in [-0.25, -0.2) is 9.97 Å². The fourth-order valence-corrected chi connectivity index (χ4v) is 2.42. The van der Waals surface area contributed by atoms with Crippen LogP contribution in [0.25, 0.3) is 10.2 Å². The first-order chi connectivity index (χ1) is 7.92. The van der Waals surface area contributed by atoms with Crippen molar-refractivity contribution in [2.45, 2.75) is 39.3 Å². The lowest BCUT2D eigenvalue weighted by atomic mass is 9.97. The molecule has 0 aromatic carbocycles. The zero-order chi connectivity index (χ0) is 12.6. The van der Waals surface area contributed by atoms with Crippen LogP contribution in [-0.2, 0) is 0 Å². The third kappa shape index (κ3) is 2.25. The molecule has 0 bridgehead atoms. The molecule has 17 heavy (non-hydrogen) atoms. The number of nitrogens with one attached hydrogen (secondary N) is 1. The molecule has 3 N–H and O–H groups in total. The van der Waals surface area contributed by atoms with Crippen molar-refractivity contribution < 1.29 is 0 Å². The Kier molecular flexibility index (Phi) is 3.05. The normalized spacial score (nSPS) is 13.9. The van der Waals surface area contributed by atoms with Crippen molar-refractivity contribution in [1.82, 2.24) is 9.97 Å². The van der Waals surface area contributed by atoms with Gasteiger partial charge in [0.1, 0.15) is 12.1 Å². The van der Waals surface area contributed by atoms with E-state index >= 15 is 0 Å². The smallest absolute Gasteiger partial charge is 0.147 e. The molecule has 0 amide bonds. The number of aryl methyl sites for hydroxylation is 1. The molecule has 1 unspecified atom stereocenters. The van der Waals surface area contributed by atoms with Gasteiger partial charge in [0.05, 0.1) is 10.2 Å². The molecular formula is C12H18N4S. The van der Waals surface area contributed by atoms with Crippen LogP contribution < -0.4 is 11.1 Å². The Balaban J connectivity index is 2.43. The Morgan fingerprint density at radius 3 is 2.76 bits per heavy atom. The van der Waals surface area contributed by atoms with Crippen LogP contribution in [0.5, 0.6) is 0 Å². The second-order valence-corrected chi connectivity index (χ2v) is 5.83. The molecule has 0 aliphatic carbocycles. The molecule has 0 fully saturated rings. The Morgan fingerprint density at radius 1 is 1.41 bits per heavy atom. The molecule has 4 nitrogen and oxygen atoms in total. The van der Waals surface area contributed by atoms with Crippen molar-refractivity contribution in [1.29, 1.82) is 0 Å². The summed E-state index contributed by atoms with van der Waals surface area (Å²) in [6.07, 6.45) is 1.60. The largest absolute Gasteiger partial charge is 0.362 e. The van der Waals surface area contributed by atoms with Gasteiger partial charge >= 0.3 is 0 Å². The summed E-state index contributed by atoms with van der Waals surface area (Å²) in [6.45, 7) is 8.20. The van der Waals surface area contributed by atoms with Gasteiger partial charge in [-0.15, -0.1) is 11.3 Å². The lowest BCUT2D eigenvalue weighted by Crippen LogP contribution is -2.47. The summed E-state index contributed by atoms with van der Waals surface area (Å²) >= 11 is 1.66. The topological polar surface area (TPSA) is 63.8 Å². The fraction of sp³-hybridized carbons (Fsp3) is 0.500. The van der Waals surface area contributed by atoms with E-state index in [1.54, 1.807) is 17.7 Å². The van der Waals surface area contributed by atoms with E-state index in [0.29, 0.717) is 0 Å². The highest BCUT2D eigenvalue weighted by molar-refractivity contribution is 7.18. The highest BCUT2D eigenvalue weighted by Crippen LogP contribution is 2.30. The molecular weight excluding hydrogens is 232 g/mol. The van der Waals surface area contributed by atoms with Gasteiger partial charge in [0, 0.05) is 11.6 Å². The van der Waals surface area contributed by atoms with Crippen LogP contribution in [0.4, 0.5) is 5.82 Å². The SMILES string of the molecule is Cc1csc2c(NC(C)(C)C(C)N)ncnc12. The predicted octanol–water partition coefficient (Wildman–Crippen LogP) is 2.54. The number of thiophene rings is 1. The van der Waals surface area contributed by atoms with Gasteiger partial charge in [0.25, 0.3) is 0 Å². The van der Waals surface area contributed by atoms with E-state index < -0.39 is 0 Å². The highest BCUT2D eigenvalue weighted by atomic mass is 32.1. The quantitative estimate of drug-likeness (QED) is 0.878. The monoisotopic (exact) mass is 250 g/mol. The number of hydrogen-bond donors (Lipinski definition) is 2. The zero-order valence-electron chi connectivity index (χ0n) is 10.6. The molecule has 0 aliphatic rings. The summed E-state index contributed by atoms with van der Waals surface area (Å²) < 4.78 is 1.10. The van der Waals surface area contributed by atoms with Gasteiger partial charge in [-0.3, -0.25) is 0 Å². The van der Waals surface area contributed by atoms with Gasteiger partial charge in [-0.1, -0.05) is 0 Å². The van der Waals surface area contributed by atoms with Crippen LogP contribution >= 0.6 is 11.3 Å². The molecule has 0 radical (unpaired) electrons. The minimum atomic E-state index is -0.195. The van der Waals surface area contributed by atoms with E-state index in [-0.39, 0.29) is 11.6 Å². The van der Waals surface area contributed by atoms with Crippen LogP contribution in [0.3, 0.4) is 0 Å². The van der Waals surface area contributed by atoms with E-state index in [0.717, 1.165) is 16.0 Å². The Labute approximate surface area is 105 Å². The standard InChI is InChI=1S/C12H18N4S/c1-7-5-17-10-9(7)14-6-15-11(10)16-12(3,4)8(2)13/h5-6,8H,13H2,1-4H3,(H,14,15,16). The lowest BCUT2D eigenvalue weighted by Gasteiger charge is -2.30. The van der Waals surface area contributed by atoms with Gasteiger partial charge < -0.3 is 11.1 Å². The van der Waals surface area contributed by atoms with E-state index in [9.17, 15) is 0 Å². The average molecular weight is 250 g/mol. The Bertz CT molecular complexity index is 530. The second-order valence-electron chi connectivity index (χ2n) is 4.95. The third-order valence-electron chi connectivity index (χ3n) is 3.11. The fourth-order valence-electron chi connectivity index (χ4n) is 1.48. The van der Waals surface area contributed by atoms with Crippen LogP contribution in [0, 0.1) is 6.92 Å². The highest BCUT2D eigenvalue weighted by Gasteiger charge is 2.24. The van der Waals surface area contributed by atoms with Gasteiger partial charge in [-0.05, 0) is 38.6 Å². The van der Waals surface area contributed by atoms with Crippen LogP contribution in [0.15, 0.2) is 11.7 Å². The van der Waals surface area contributed by atoms with Crippen molar-refractivity contribution in [2.75, 3.05) is 5.32 Å². The van der Waals surface area contributed by atoms with E-state index in [4.69, 9.17) is 5.73 Å². The first-order valence-electron chi connectivity index (χ1n) is 5.64. The number of nitrogens with two attached hydrogens (primary N) is 1. The zero-order valence-corrected chi connectivity index (χ0v) is 11.4.